The van der Waals surface area contributed by atoms with Crippen LogP contribution in [0.2, 0.25) is 0 Å². The molecule has 0 bridgehead atoms. The molecule has 0 saturated carbocycles. The number of likely N-dealkylation sites (N-methyl/N-ethyl adjacent to an activating group) is 1. The zero-order valence-electron chi connectivity index (χ0n) is 13.8. The van der Waals surface area contributed by atoms with Crippen LogP contribution in [-0.2, 0) is 14.4 Å². The van der Waals surface area contributed by atoms with Crippen LogP contribution < -0.4 is 0 Å². The van der Waals surface area contributed by atoms with Crippen molar-refractivity contribution in [3.8, 4) is 0 Å². The molecule has 6 heteroatoms. The van der Waals surface area contributed by atoms with E-state index in [-0.39, 0.29) is 11.8 Å². The molecule has 1 N–H and O–H groups in total. The van der Waals surface area contributed by atoms with Crippen molar-refractivity contribution in [3.63, 3.8) is 0 Å². The number of carbonyl (C=O) groups is 3. The van der Waals surface area contributed by atoms with E-state index in [1.807, 2.05) is 20.8 Å². The van der Waals surface area contributed by atoms with Gasteiger partial charge in [0.15, 0.2) is 0 Å². The number of hydrogen-bond acceptors (Lipinski definition) is 3. The molecule has 0 spiro atoms. The van der Waals surface area contributed by atoms with Crippen LogP contribution in [0.25, 0.3) is 0 Å². The molecule has 6 nitrogen and oxygen atoms in total. The summed E-state index contributed by atoms with van der Waals surface area (Å²) in [6.45, 7) is 8.98. The second kappa shape index (κ2) is 5.66. The van der Waals surface area contributed by atoms with Crippen LogP contribution in [0, 0.1) is 5.41 Å². The van der Waals surface area contributed by atoms with Crippen LogP contribution in [0.3, 0.4) is 0 Å². The molecule has 0 radical (unpaired) electrons. The second-order valence-electron chi connectivity index (χ2n) is 7.17. The molecule has 21 heavy (non-hydrogen) atoms. The number of carboxylic acid groups (broad SMARTS) is 1. The standard InChI is InChI=1S/C15H26N2O4/c1-14(2,3)12(19)17-9-7-8-10(17)11(18)16(6)15(4,5)13(20)21/h10H,7-9H2,1-6H3,(H,20,21). The largest absolute Gasteiger partial charge is 0.480 e. The fourth-order valence-electron chi connectivity index (χ4n) is 2.34. The lowest BCUT2D eigenvalue weighted by Gasteiger charge is -2.37. The first kappa shape index (κ1) is 17.5. The third kappa shape index (κ3) is 3.36. The van der Waals surface area contributed by atoms with Crippen molar-refractivity contribution in [1.82, 2.24) is 9.80 Å². The molecule has 0 aromatic rings. The maximum atomic E-state index is 12.6. The molecule has 1 unspecified atom stereocenters. The number of nitrogens with zero attached hydrogens (tertiary/aromatic N) is 2. The lowest BCUT2D eigenvalue weighted by atomic mass is 9.94. The highest BCUT2D eigenvalue weighted by Gasteiger charge is 2.43. The highest BCUT2D eigenvalue weighted by molar-refractivity contribution is 5.93. The minimum atomic E-state index is -1.30. The number of carboxylic acids is 1. The Morgan fingerprint density at radius 3 is 2.10 bits per heavy atom. The summed E-state index contributed by atoms with van der Waals surface area (Å²) in [6, 6.07) is -0.555. The van der Waals surface area contributed by atoms with Crippen molar-refractivity contribution in [2.24, 2.45) is 5.41 Å². The van der Waals surface area contributed by atoms with Crippen molar-refractivity contribution in [3.05, 3.63) is 0 Å². The van der Waals surface area contributed by atoms with Gasteiger partial charge in [-0.3, -0.25) is 9.59 Å². The zero-order chi connectivity index (χ0) is 16.6. The summed E-state index contributed by atoms with van der Waals surface area (Å²) in [4.78, 5) is 39.1. The summed E-state index contributed by atoms with van der Waals surface area (Å²) in [7, 11) is 1.48. The Bertz CT molecular complexity index is 451. The average Bonchev–Trinajstić information content (AvgIpc) is 2.83. The van der Waals surface area contributed by atoms with E-state index in [2.05, 4.69) is 0 Å². The summed E-state index contributed by atoms with van der Waals surface area (Å²) in [5.41, 5.74) is -1.85. The molecule has 1 saturated heterocycles. The maximum Gasteiger partial charge on any atom is 0.329 e. The Labute approximate surface area is 126 Å². The van der Waals surface area contributed by atoms with Crippen LogP contribution in [0.4, 0.5) is 0 Å². The first-order chi connectivity index (χ1) is 9.40. The Balaban J connectivity index is 2.96. The summed E-state index contributed by atoms with van der Waals surface area (Å²) in [6.07, 6.45) is 1.35. The van der Waals surface area contributed by atoms with Gasteiger partial charge in [-0.2, -0.15) is 0 Å². The second-order valence-corrected chi connectivity index (χ2v) is 7.17. The van der Waals surface area contributed by atoms with E-state index in [0.29, 0.717) is 13.0 Å². The average molecular weight is 298 g/mol. The van der Waals surface area contributed by atoms with Gasteiger partial charge < -0.3 is 14.9 Å². The first-order valence-electron chi connectivity index (χ1n) is 7.23. The molecule has 0 aliphatic carbocycles. The van der Waals surface area contributed by atoms with Crippen LogP contribution in [0.1, 0.15) is 47.5 Å². The number of rotatable bonds is 3. The highest BCUT2D eigenvalue weighted by Crippen LogP contribution is 2.27. The van der Waals surface area contributed by atoms with Crippen molar-refractivity contribution in [2.75, 3.05) is 13.6 Å². The van der Waals surface area contributed by atoms with Gasteiger partial charge in [-0.25, -0.2) is 4.79 Å². The fourth-order valence-corrected chi connectivity index (χ4v) is 2.34. The third-order valence-corrected chi connectivity index (χ3v) is 4.13. The fraction of sp³-hybridized carbons (Fsp3) is 0.800. The Morgan fingerprint density at radius 1 is 1.14 bits per heavy atom. The van der Waals surface area contributed by atoms with Crippen LogP contribution in [0.5, 0.6) is 0 Å². The number of hydrogen-bond donors (Lipinski definition) is 1. The molecule has 1 aliphatic rings. The van der Waals surface area contributed by atoms with Crippen molar-refractivity contribution in [2.45, 2.75) is 59.0 Å². The number of carbonyl (C=O) groups excluding carboxylic acids is 2. The lowest BCUT2D eigenvalue weighted by molar-refractivity contribution is -0.159. The summed E-state index contributed by atoms with van der Waals surface area (Å²) < 4.78 is 0. The Hall–Kier alpha value is -1.59. The minimum Gasteiger partial charge on any atom is -0.480 e. The lowest BCUT2D eigenvalue weighted by Crippen LogP contribution is -2.57. The SMILES string of the molecule is CN(C(=O)C1CCCN1C(=O)C(C)(C)C)C(C)(C)C(=O)O. The van der Waals surface area contributed by atoms with Crippen molar-refractivity contribution >= 4 is 17.8 Å². The van der Waals surface area contributed by atoms with E-state index < -0.39 is 23.0 Å². The van der Waals surface area contributed by atoms with Gasteiger partial charge in [0, 0.05) is 19.0 Å². The molecular weight excluding hydrogens is 272 g/mol. The van der Waals surface area contributed by atoms with Gasteiger partial charge in [0.1, 0.15) is 11.6 Å². The van der Waals surface area contributed by atoms with E-state index in [1.54, 1.807) is 4.90 Å². The van der Waals surface area contributed by atoms with Crippen LogP contribution >= 0.6 is 0 Å². The molecule has 2 amide bonds. The molecule has 1 fully saturated rings. The summed E-state index contributed by atoms with van der Waals surface area (Å²) >= 11 is 0. The zero-order valence-corrected chi connectivity index (χ0v) is 13.8. The topological polar surface area (TPSA) is 77.9 Å². The molecule has 1 atom stereocenters. The predicted molar refractivity (Wildman–Crippen MR) is 78.7 cm³/mol. The third-order valence-electron chi connectivity index (χ3n) is 4.13. The minimum absolute atomic E-state index is 0.0696. The summed E-state index contributed by atoms with van der Waals surface area (Å²) in [5.74, 6) is -1.44. The van der Waals surface area contributed by atoms with E-state index in [4.69, 9.17) is 0 Å². The van der Waals surface area contributed by atoms with Gasteiger partial charge in [0.2, 0.25) is 11.8 Å². The van der Waals surface area contributed by atoms with E-state index >= 15 is 0 Å². The molecule has 1 aliphatic heterocycles. The molecule has 0 aromatic carbocycles. The smallest absolute Gasteiger partial charge is 0.329 e. The number of amides is 2. The molecule has 120 valence electrons. The quantitative estimate of drug-likeness (QED) is 0.853. The van der Waals surface area contributed by atoms with Gasteiger partial charge in [-0.05, 0) is 26.7 Å². The first-order valence-corrected chi connectivity index (χ1v) is 7.23. The monoisotopic (exact) mass is 298 g/mol. The molecular formula is C15H26N2O4. The van der Waals surface area contributed by atoms with Gasteiger partial charge in [-0.1, -0.05) is 20.8 Å². The molecule has 1 heterocycles. The van der Waals surface area contributed by atoms with Gasteiger partial charge >= 0.3 is 5.97 Å². The van der Waals surface area contributed by atoms with E-state index in [9.17, 15) is 19.5 Å². The number of likely N-dealkylation sites (tertiary alicyclic amines) is 1. The van der Waals surface area contributed by atoms with Crippen molar-refractivity contribution < 1.29 is 19.5 Å². The summed E-state index contributed by atoms with van der Waals surface area (Å²) in [5, 5.41) is 9.23. The van der Waals surface area contributed by atoms with Gasteiger partial charge in [-0.15, -0.1) is 0 Å². The number of aliphatic carboxylic acids is 1. The normalized spacial score (nSPS) is 19.5. The van der Waals surface area contributed by atoms with E-state index in [1.165, 1.54) is 25.8 Å². The van der Waals surface area contributed by atoms with E-state index in [0.717, 1.165) is 6.42 Å². The Kier molecular flexibility index (Phi) is 4.70. The van der Waals surface area contributed by atoms with Crippen LogP contribution in [0.15, 0.2) is 0 Å². The van der Waals surface area contributed by atoms with Gasteiger partial charge in [0.25, 0.3) is 0 Å². The maximum absolute atomic E-state index is 12.6. The highest BCUT2D eigenvalue weighted by atomic mass is 16.4. The van der Waals surface area contributed by atoms with Gasteiger partial charge in [0.05, 0.1) is 0 Å². The molecule has 0 aromatic heterocycles. The van der Waals surface area contributed by atoms with Crippen LogP contribution in [-0.4, -0.2) is 57.9 Å². The predicted octanol–water partition coefficient (Wildman–Crippen LogP) is 1.35. The Morgan fingerprint density at radius 2 is 1.67 bits per heavy atom. The van der Waals surface area contributed by atoms with Crippen molar-refractivity contribution in [1.29, 1.82) is 0 Å². The molecule has 1 rings (SSSR count).